The van der Waals surface area contributed by atoms with Crippen LogP contribution in [0.5, 0.6) is 0 Å². The third kappa shape index (κ3) is 10.9. The number of esters is 1. The van der Waals surface area contributed by atoms with Gasteiger partial charge in [0.1, 0.15) is 0 Å². The number of aryl methyl sites for hydroxylation is 2. The van der Waals surface area contributed by atoms with Crippen molar-refractivity contribution in [2.75, 3.05) is 33.1 Å². The van der Waals surface area contributed by atoms with E-state index in [1.807, 2.05) is 19.1 Å². The number of ether oxygens (including phenoxy) is 1. The maximum Gasteiger partial charge on any atom is 0.339 e. The summed E-state index contributed by atoms with van der Waals surface area (Å²) in [5.74, 6) is 0.0605. The Morgan fingerprint density at radius 2 is 1.93 bits per heavy atom. The molecule has 9 heteroatoms. The number of methoxy groups -OCH3 is 1. The number of nitrogens with one attached hydrogen (secondary N) is 1. The zero-order valence-electron chi connectivity index (χ0n) is 18.7. The minimum Gasteiger partial charge on any atom is -0.465 e. The van der Waals surface area contributed by atoms with Crippen molar-refractivity contribution in [1.29, 1.82) is 0 Å². The van der Waals surface area contributed by atoms with Crippen molar-refractivity contribution in [2.24, 2.45) is 7.05 Å². The van der Waals surface area contributed by atoms with Crippen molar-refractivity contribution in [1.82, 2.24) is 25.1 Å². The maximum atomic E-state index is 11.7. The predicted molar refractivity (Wildman–Crippen MR) is 119 cm³/mol. The van der Waals surface area contributed by atoms with Crippen LogP contribution >= 0.6 is 0 Å². The van der Waals surface area contributed by atoms with Gasteiger partial charge in [0.25, 0.3) is 0 Å². The van der Waals surface area contributed by atoms with Crippen LogP contribution in [0.15, 0.2) is 43.5 Å². The van der Waals surface area contributed by atoms with Gasteiger partial charge in [0.15, 0.2) is 5.78 Å². The molecule has 1 aromatic carbocycles. The Bertz CT molecular complexity index is 830. The fraction of sp³-hybridized carbons (Fsp3) is 0.381. The predicted octanol–water partition coefficient (Wildman–Crippen LogP) is 2.93. The van der Waals surface area contributed by atoms with E-state index in [9.17, 15) is 9.59 Å². The first-order valence-corrected chi connectivity index (χ1v) is 9.23. The molecule has 9 nitrogen and oxygen atoms in total. The molecule has 0 fully saturated rings. The highest BCUT2D eigenvalue weighted by Crippen LogP contribution is 2.21. The Morgan fingerprint density at radius 3 is 2.33 bits per heavy atom. The minimum atomic E-state index is -0.406. The molecule has 0 aliphatic carbocycles. The first-order valence-electron chi connectivity index (χ1n) is 9.23. The summed E-state index contributed by atoms with van der Waals surface area (Å²) in [6.45, 7) is 11.3. The van der Waals surface area contributed by atoms with Crippen LogP contribution in [0.4, 0.5) is 11.6 Å². The van der Waals surface area contributed by atoms with Crippen LogP contribution < -0.4 is 5.32 Å². The van der Waals surface area contributed by atoms with Crippen LogP contribution in [0.3, 0.4) is 0 Å². The topological polar surface area (TPSA) is 102 Å². The molecule has 2 aromatic rings. The molecule has 2 rings (SSSR count). The van der Waals surface area contributed by atoms with E-state index in [1.54, 1.807) is 19.2 Å². The second kappa shape index (κ2) is 14.6. The van der Waals surface area contributed by atoms with Crippen LogP contribution in [-0.2, 0) is 16.6 Å². The number of nitrogens with zero attached hydrogens (tertiary/aromatic N) is 5. The highest BCUT2D eigenvalue weighted by molar-refractivity contribution is 5.96. The van der Waals surface area contributed by atoms with Gasteiger partial charge < -0.3 is 15.0 Å². The van der Waals surface area contributed by atoms with E-state index in [0.717, 1.165) is 18.5 Å². The fourth-order valence-electron chi connectivity index (χ4n) is 1.85. The molecule has 0 radical (unpaired) electrons. The van der Waals surface area contributed by atoms with Crippen LogP contribution in [-0.4, -0.2) is 64.6 Å². The van der Waals surface area contributed by atoms with Gasteiger partial charge in [-0.05, 0) is 63.0 Å². The zero-order valence-corrected chi connectivity index (χ0v) is 18.7. The lowest BCUT2D eigenvalue weighted by molar-refractivity contribution is -0.112. The van der Waals surface area contributed by atoms with E-state index in [0.29, 0.717) is 17.2 Å². The standard InChI is InChI=1S/C11H13N5O2.C6H13N.C4H6O/c1-7-4-5-9(8(6-7)10(17)18-3)12-11-13-14-15-16(11)2;1-4-5-6-7(2)3;1-3-4(2)5/h4-6H,1-3H3,(H,12,13,15);4H,1,5-6H2,2-3H3;3H,1H2,2H3. The van der Waals surface area contributed by atoms with Gasteiger partial charge in [0.2, 0.25) is 5.95 Å². The molecule has 0 unspecified atom stereocenters. The molecule has 0 saturated heterocycles. The summed E-state index contributed by atoms with van der Waals surface area (Å²) in [5.41, 5.74) is 2.02. The van der Waals surface area contributed by atoms with Crippen molar-refractivity contribution >= 4 is 23.4 Å². The largest absolute Gasteiger partial charge is 0.465 e. The molecule has 164 valence electrons. The number of benzene rings is 1. The molecule has 0 saturated carbocycles. The number of rotatable bonds is 7. The average Bonchev–Trinajstić information content (AvgIpc) is 3.12. The van der Waals surface area contributed by atoms with E-state index in [4.69, 9.17) is 4.74 Å². The van der Waals surface area contributed by atoms with Crippen molar-refractivity contribution in [2.45, 2.75) is 20.3 Å². The van der Waals surface area contributed by atoms with Crippen molar-refractivity contribution in [3.63, 3.8) is 0 Å². The van der Waals surface area contributed by atoms with E-state index in [1.165, 1.54) is 24.8 Å². The highest BCUT2D eigenvalue weighted by Gasteiger charge is 2.13. The molecular weight excluding hydrogens is 384 g/mol. The summed E-state index contributed by atoms with van der Waals surface area (Å²) in [7, 11) is 7.17. The molecule has 1 aromatic heterocycles. The normalized spacial score (nSPS) is 9.43. The second-order valence-corrected chi connectivity index (χ2v) is 6.49. The first-order chi connectivity index (χ1) is 14.2. The number of carbonyl (C=O) groups is 2. The molecule has 0 spiro atoms. The second-order valence-electron chi connectivity index (χ2n) is 6.49. The van der Waals surface area contributed by atoms with Crippen molar-refractivity contribution in [3.05, 3.63) is 54.6 Å². The SMILES string of the molecule is C=CC(C)=O.C=CCCN(C)C.COC(=O)c1cc(C)ccc1Nc1nnnn1C. The van der Waals surface area contributed by atoms with Crippen LogP contribution in [0.2, 0.25) is 0 Å². The summed E-state index contributed by atoms with van der Waals surface area (Å²) < 4.78 is 6.22. The Morgan fingerprint density at radius 1 is 1.30 bits per heavy atom. The van der Waals surface area contributed by atoms with Crippen LogP contribution in [0, 0.1) is 6.92 Å². The number of anilines is 2. The summed E-state index contributed by atoms with van der Waals surface area (Å²) >= 11 is 0. The highest BCUT2D eigenvalue weighted by atomic mass is 16.5. The molecule has 0 aliphatic heterocycles. The zero-order chi connectivity index (χ0) is 23.1. The third-order valence-electron chi connectivity index (χ3n) is 3.51. The smallest absolute Gasteiger partial charge is 0.339 e. The molecule has 1 heterocycles. The van der Waals surface area contributed by atoms with E-state index in [-0.39, 0.29) is 5.78 Å². The van der Waals surface area contributed by atoms with Crippen LogP contribution in [0.25, 0.3) is 0 Å². The number of tetrazole rings is 1. The first kappa shape index (κ1) is 26.7. The summed E-state index contributed by atoms with van der Waals surface area (Å²) in [5, 5.41) is 14.0. The number of hydrogen-bond donors (Lipinski definition) is 1. The Labute approximate surface area is 178 Å². The molecular formula is C21H32N6O3. The molecule has 0 amide bonds. The average molecular weight is 417 g/mol. The fourth-order valence-corrected chi connectivity index (χ4v) is 1.85. The van der Waals surface area contributed by atoms with Gasteiger partial charge in [-0.3, -0.25) is 4.79 Å². The Balaban J connectivity index is 0.000000581. The lowest BCUT2D eigenvalue weighted by Crippen LogP contribution is -2.11. The van der Waals surface area contributed by atoms with E-state index < -0.39 is 5.97 Å². The van der Waals surface area contributed by atoms with E-state index in [2.05, 4.69) is 53.0 Å². The Kier molecular flexibility index (Phi) is 13.0. The number of ketones is 1. The van der Waals surface area contributed by atoms with Gasteiger partial charge in [0.05, 0.1) is 18.4 Å². The number of allylic oxidation sites excluding steroid dienone is 1. The van der Waals surface area contributed by atoms with Gasteiger partial charge in [-0.2, -0.15) is 0 Å². The van der Waals surface area contributed by atoms with Gasteiger partial charge in [-0.25, -0.2) is 9.48 Å². The van der Waals surface area contributed by atoms with Gasteiger partial charge >= 0.3 is 5.97 Å². The van der Waals surface area contributed by atoms with Crippen LogP contribution in [0.1, 0.15) is 29.3 Å². The van der Waals surface area contributed by atoms with Gasteiger partial charge in [-0.15, -0.1) is 6.58 Å². The number of hydrogen-bond acceptors (Lipinski definition) is 8. The lowest BCUT2D eigenvalue weighted by atomic mass is 10.1. The monoisotopic (exact) mass is 416 g/mol. The quantitative estimate of drug-likeness (QED) is 0.418. The molecule has 0 aliphatic rings. The summed E-state index contributed by atoms with van der Waals surface area (Å²) in [4.78, 5) is 23.5. The summed E-state index contributed by atoms with van der Waals surface area (Å²) in [6.07, 6.45) is 4.30. The van der Waals surface area contributed by atoms with Gasteiger partial charge in [0, 0.05) is 13.6 Å². The van der Waals surface area contributed by atoms with Crippen molar-refractivity contribution in [3.8, 4) is 0 Å². The van der Waals surface area contributed by atoms with Gasteiger partial charge in [-0.1, -0.05) is 29.4 Å². The minimum absolute atomic E-state index is 0.0185. The lowest BCUT2D eigenvalue weighted by Gasteiger charge is -2.10. The third-order valence-corrected chi connectivity index (χ3v) is 3.51. The van der Waals surface area contributed by atoms with E-state index >= 15 is 0 Å². The number of carbonyl (C=O) groups excluding carboxylic acids is 2. The maximum absolute atomic E-state index is 11.7. The molecule has 30 heavy (non-hydrogen) atoms. The number of aromatic nitrogens is 4. The molecule has 0 atom stereocenters. The Hall–Kier alpha value is -3.33. The molecule has 0 bridgehead atoms. The molecule has 1 N–H and O–H groups in total. The van der Waals surface area contributed by atoms with Crippen molar-refractivity contribution < 1.29 is 14.3 Å². The summed E-state index contributed by atoms with van der Waals surface area (Å²) in [6, 6.07) is 5.42.